The second-order valence-corrected chi connectivity index (χ2v) is 3.78. The van der Waals surface area contributed by atoms with Gasteiger partial charge in [0.05, 0.1) is 19.8 Å². The minimum Gasteiger partial charge on any atom is -0.493 e. The average molecular weight is 252 g/mol. The van der Waals surface area contributed by atoms with Crippen LogP contribution in [0.2, 0.25) is 0 Å². The number of ketones is 1. The van der Waals surface area contributed by atoms with Crippen LogP contribution in [0.15, 0.2) is 6.07 Å². The number of hydrogen-bond acceptors (Lipinski definition) is 5. The van der Waals surface area contributed by atoms with Crippen molar-refractivity contribution >= 4 is 11.8 Å². The van der Waals surface area contributed by atoms with Crippen LogP contribution in [0.25, 0.3) is 0 Å². The highest BCUT2D eigenvalue weighted by atomic mass is 16.6. The van der Waals surface area contributed by atoms with Gasteiger partial charge in [0.2, 0.25) is 5.75 Å². The number of ether oxygens (including phenoxy) is 3. The van der Waals surface area contributed by atoms with Crippen molar-refractivity contribution in [3.05, 3.63) is 17.2 Å². The van der Waals surface area contributed by atoms with Crippen molar-refractivity contribution < 1.29 is 23.8 Å². The molecule has 0 unspecified atom stereocenters. The molecule has 0 aliphatic rings. The highest BCUT2D eigenvalue weighted by molar-refractivity contribution is 6.00. The zero-order valence-corrected chi connectivity index (χ0v) is 11.1. The van der Waals surface area contributed by atoms with E-state index in [2.05, 4.69) is 0 Å². The van der Waals surface area contributed by atoms with Crippen LogP contribution in [0.3, 0.4) is 0 Å². The summed E-state index contributed by atoms with van der Waals surface area (Å²) in [6.07, 6.45) is 0. The number of aryl methyl sites for hydroxylation is 1. The molecular formula is C13H16O5. The topological polar surface area (TPSA) is 61.8 Å². The molecule has 0 atom stereocenters. The lowest BCUT2D eigenvalue weighted by atomic mass is 10.0. The molecule has 1 aromatic rings. The Labute approximate surface area is 106 Å². The first-order valence-corrected chi connectivity index (χ1v) is 5.37. The molecule has 0 N–H and O–H groups in total. The van der Waals surface area contributed by atoms with Gasteiger partial charge < -0.3 is 14.2 Å². The normalized spacial score (nSPS) is 9.83. The molecule has 0 radical (unpaired) electrons. The highest BCUT2D eigenvalue weighted by Gasteiger charge is 2.23. The predicted octanol–water partition coefficient (Wildman–Crippen LogP) is 2.14. The Bertz CT molecular complexity index is 491. The zero-order valence-electron chi connectivity index (χ0n) is 11.1. The summed E-state index contributed by atoms with van der Waals surface area (Å²) in [7, 11) is 2.86. The lowest BCUT2D eigenvalue weighted by Gasteiger charge is -2.16. The summed E-state index contributed by atoms with van der Waals surface area (Å²) in [5.41, 5.74) is 1.08. The molecule has 98 valence electrons. The van der Waals surface area contributed by atoms with Crippen LogP contribution in [0.5, 0.6) is 17.2 Å². The van der Waals surface area contributed by atoms with E-state index in [0.717, 1.165) is 0 Å². The van der Waals surface area contributed by atoms with Gasteiger partial charge in [-0.3, -0.25) is 9.59 Å². The van der Waals surface area contributed by atoms with E-state index >= 15 is 0 Å². The van der Waals surface area contributed by atoms with E-state index in [0.29, 0.717) is 16.9 Å². The highest BCUT2D eigenvalue weighted by Crippen LogP contribution is 2.42. The molecule has 5 heteroatoms. The van der Waals surface area contributed by atoms with Gasteiger partial charge in [-0.15, -0.1) is 0 Å². The number of hydrogen-bond donors (Lipinski definition) is 0. The maximum atomic E-state index is 11.6. The number of Topliss-reactive ketones (excluding diaryl/α,β-unsaturated/α-hetero) is 1. The van der Waals surface area contributed by atoms with Crippen molar-refractivity contribution in [2.24, 2.45) is 0 Å². The van der Waals surface area contributed by atoms with Crippen molar-refractivity contribution in [2.75, 3.05) is 14.2 Å². The molecule has 0 fully saturated rings. The van der Waals surface area contributed by atoms with Crippen LogP contribution in [-0.4, -0.2) is 26.0 Å². The number of carbonyl (C=O) groups excluding carboxylic acids is 2. The van der Waals surface area contributed by atoms with E-state index in [1.807, 2.05) is 0 Å². The van der Waals surface area contributed by atoms with Gasteiger partial charge in [-0.25, -0.2) is 0 Å². The molecule has 1 rings (SSSR count). The second kappa shape index (κ2) is 5.53. The largest absolute Gasteiger partial charge is 0.493 e. The monoisotopic (exact) mass is 252 g/mol. The maximum Gasteiger partial charge on any atom is 0.308 e. The van der Waals surface area contributed by atoms with Gasteiger partial charge >= 0.3 is 5.97 Å². The summed E-state index contributed by atoms with van der Waals surface area (Å²) in [5, 5.41) is 0. The zero-order chi connectivity index (χ0) is 13.9. The third-order valence-electron chi connectivity index (χ3n) is 2.42. The average Bonchev–Trinajstić information content (AvgIpc) is 2.28. The number of esters is 1. The molecule has 0 amide bonds. The molecule has 0 saturated carbocycles. The van der Waals surface area contributed by atoms with Crippen molar-refractivity contribution in [3.63, 3.8) is 0 Å². The van der Waals surface area contributed by atoms with Gasteiger partial charge in [-0.2, -0.15) is 0 Å². The molecule has 0 aliphatic carbocycles. The quantitative estimate of drug-likeness (QED) is 0.466. The van der Waals surface area contributed by atoms with Crippen molar-refractivity contribution in [1.82, 2.24) is 0 Å². The molecule has 1 aromatic carbocycles. The molecule has 0 heterocycles. The Balaban J connectivity index is 3.58. The third-order valence-corrected chi connectivity index (χ3v) is 2.42. The lowest BCUT2D eigenvalue weighted by molar-refractivity contribution is -0.132. The molecular weight excluding hydrogens is 236 g/mol. The third kappa shape index (κ3) is 2.61. The molecule has 0 aliphatic heterocycles. The summed E-state index contributed by atoms with van der Waals surface area (Å²) in [6.45, 7) is 4.46. The molecule has 0 saturated heterocycles. The van der Waals surface area contributed by atoms with E-state index in [4.69, 9.17) is 14.2 Å². The minimum absolute atomic E-state index is 0.128. The van der Waals surface area contributed by atoms with Gasteiger partial charge in [0.1, 0.15) is 0 Å². The smallest absolute Gasteiger partial charge is 0.308 e. The minimum atomic E-state index is -0.509. The Kier molecular flexibility index (Phi) is 4.31. The number of rotatable bonds is 4. The maximum absolute atomic E-state index is 11.6. The number of methoxy groups -OCH3 is 2. The predicted molar refractivity (Wildman–Crippen MR) is 65.6 cm³/mol. The van der Waals surface area contributed by atoms with Gasteiger partial charge in [0, 0.05) is 6.92 Å². The molecule has 5 nitrogen and oxygen atoms in total. The fourth-order valence-electron chi connectivity index (χ4n) is 1.76. The van der Waals surface area contributed by atoms with E-state index in [-0.39, 0.29) is 17.3 Å². The molecule has 0 aromatic heterocycles. The fourth-order valence-corrected chi connectivity index (χ4v) is 1.76. The van der Waals surface area contributed by atoms with Crippen LogP contribution >= 0.6 is 0 Å². The first kappa shape index (κ1) is 14.0. The number of benzene rings is 1. The molecule has 18 heavy (non-hydrogen) atoms. The van der Waals surface area contributed by atoms with Gasteiger partial charge in [-0.1, -0.05) is 0 Å². The van der Waals surface area contributed by atoms with Crippen LogP contribution in [0.1, 0.15) is 29.8 Å². The molecule has 0 bridgehead atoms. The van der Waals surface area contributed by atoms with Gasteiger partial charge in [0.15, 0.2) is 17.3 Å². The fraction of sp³-hybridized carbons (Fsp3) is 0.385. The Morgan fingerprint density at radius 1 is 1.06 bits per heavy atom. The second-order valence-electron chi connectivity index (χ2n) is 3.78. The first-order valence-electron chi connectivity index (χ1n) is 5.37. The Morgan fingerprint density at radius 2 is 1.67 bits per heavy atom. The van der Waals surface area contributed by atoms with Crippen LogP contribution in [-0.2, 0) is 4.79 Å². The van der Waals surface area contributed by atoms with E-state index in [9.17, 15) is 9.59 Å². The lowest BCUT2D eigenvalue weighted by Crippen LogP contribution is -2.09. The van der Waals surface area contributed by atoms with Crippen molar-refractivity contribution in [3.8, 4) is 17.2 Å². The Hall–Kier alpha value is -2.04. The molecule has 0 spiro atoms. The summed E-state index contributed by atoms with van der Waals surface area (Å²) in [6, 6.07) is 1.64. The summed E-state index contributed by atoms with van der Waals surface area (Å²) in [4.78, 5) is 22.7. The first-order chi connectivity index (χ1) is 8.42. The van der Waals surface area contributed by atoms with Crippen LogP contribution < -0.4 is 14.2 Å². The van der Waals surface area contributed by atoms with Crippen molar-refractivity contribution in [1.29, 1.82) is 0 Å². The van der Waals surface area contributed by atoms with E-state index in [1.54, 1.807) is 13.0 Å². The van der Waals surface area contributed by atoms with Gasteiger partial charge in [0.25, 0.3) is 0 Å². The van der Waals surface area contributed by atoms with E-state index < -0.39 is 5.97 Å². The SMILES string of the molecule is COc1cc(C)c(C(C)=O)c(OC)c1OC(C)=O. The summed E-state index contributed by atoms with van der Waals surface area (Å²) in [5.74, 6) is 0.0211. The Morgan fingerprint density at radius 3 is 2.06 bits per heavy atom. The van der Waals surface area contributed by atoms with Crippen LogP contribution in [0, 0.1) is 6.92 Å². The van der Waals surface area contributed by atoms with E-state index in [1.165, 1.54) is 28.1 Å². The van der Waals surface area contributed by atoms with Crippen LogP contribution in [0.4, 0.5) is 0 Å². The standard InChI is InChI=1S/C13H16O5/c1-7-6-10(16-4)12(18-9(3)15)13(17-5)11(7)8(2)14/h6H,1-5H3. The summed E-state index contributed by atoms with van der Waals surface area (Å²) < 4.78 is 15.4. The van der Waals surface area contributed by atoms with Crippen molar-refractivity contribution in [2.45, 2.75) is 20.8 Å². The number of carbonyl (C=O) groups is 2. The van der Waals surface area contributed by atoms with Gasteiger partial charge in [-0.05, 0) is 25.5 Å². The summed E-state index contributed by atoms with van der Waals surface area (Å²) >= 11 is 0.